The van der Waals surface area contributed by atoms with Crippen LogP contribution in [0.2, 0.25) is 0 Å². The smallest absolute Gasteiger partial charge is 0.407 e. The molecule has 3 aromatic heterocycles. The van der Waals surface area contributed by atoms with E-state index in [9.17, 15) is 23.2 Å². The van der Waals surface area contributed by atoms with Crippen molar-refractivity contribution in [2.75, 3.05) is 13.2 Å². The summed E-state index contributed by atoms with van der Waals surface area (Å²) >= 11 is 0. The number of amides is 1. The number of hydrogen-bond acceptors (Lipinski definition) is 7. The zero-order valence-electron chi connectivity index (χ0n) is 15.9. The minimum absolute atomic E-state index is 0.00417. The van der Waals surface area contributed by atoms with E-state index in [0.717, 1.165) is 6.20 Å². The van der Waals surface area contributed by atoms with Crippen molar-refractivity contribution in [3.8, 4) is 17.0 Å². The number of aromatic amines is 2. The van der Waals surface area contributed by atoms with Gasteiger partial charge in [-0.3, -0.25) is 9.78 Å². The normalized spacial score (nSPS) is 11.6. The topological polar surface area (TPSA) is 143 Å². The van der Waals surface area contributed by atoms with Gasteiger partial charge >= 0.3 is 17.7 Å². The first-order valence-electron chi connectivity index (χ1n) is 8.75. The second-order valence-corrected chi connectivity index (χ2v) is 6.59. The van der Waals surface area contributed by atoms with E-state index < -0.39 is 36.5 Å². The van der Waals surface area contributed by atoms with Crippen LogP contribution in [0.25, 0.3) is 16.9 Å². The van der Waals surface area contributed by atoms with E-state index in [4.69, 9.17) is 4.74 Å². The summed E-state index contributed by atoms with van der Waals surface area (Å²) in [6.07, 6.45) is 2.98. The molecule has 11 nitrogen and oxygen atoms in total. The number of alkyl carbamates (subject to hydrolysis) is 1. The molecule has 0 saturated heterocycles. The SMILES string of the molecule is CC(C)NC(=O)OCC(F)(F)COc1cc(-c2c[nH]c(=O)[nH]c2=O)nn2ccnc12. The Morgan fingerprint density at radius 1 is 1.33 bits per heavy atom. The molecule has 0 radical (unpaired) electrons. The van der Waals surface area contributed by atoms with Gasteiger partial charge in [0, 0.05) is 30.7 Å². The highest BCUT2D eigenvalue weighted by Crippen LogP contribution is 2.25. The van der Waals surface area contributed by atoms with Crippen LogP contribution in [-0.2, 0) is 4.74 Å². The highest BCUT2D eigenvalue weighted by Gasteiger charge is 2.33. The van der Waals surface area contributed by atoms with Crippen LogP contribution in [0.4, 0.5) is 13.6 Å². The third kappa shape index (κ3) is 4.98. The summed E-state index contributed by atoms with van der Waals surface area (Å²) in [5, 5.41) is 6.49. The predicted molar refractivity (Wildman–Crippen MR) is 99.7 cm³/mol. The van der Waals surface area contributed by atoms with Gasteiger partial charge in [0.2, 0.25) is 0 Å². The Morgan fingerprint density at radius 3 is 2.80 bits per heavy atom. The number of aromatic nitrogens is 5. The van der Waals surface area contributed by atoms with E-state index in [1.165, 1.54) is 23.0 Å². The lowest BCUT2D eigenvalue weighted by atomic mass is 10.2. The van der Waals surface area contributed by atoms with Crippen molar-refractivity contribution in [3.63, 3.8) is 0 Å². The summed E-state index contributed by atoms with van der Waals surface area (Å²) in [6.45, 7) is 1.02. The zero-order chi connectivity index (χ0) is 21.9. The minimum Gasteiger partial charge on any atom is -0.483 e. The lowest BCUT2D eigenvalue weighted by molar-refractivity contribution is -0.0829. The number of carbonyl (C=O) groups is 1. The van der Waals surface area contributed by atoms with E-state index >= 15 is 0 Å². The molecule has 0 fully saturated rings. The molecule has 0 aliphatic heterocycles. The van der Waals surface area contributed by atoms with Gasteiger partial charge in [-0.25, -0.2) is 19.1 Å². The van der Waals surface area contributed by atoms with Gasteiger partial charge in [-0.1, -0.05) is 0 Å². The lowest BCUT2D eigenvalue weighted by Gasteiger charge is -2.18. The van der Waals surface area contributed by atoms with Gasteiger partial charge in [0.25, 0.3) is 5.56 Å². The van der Waals surface area contributed by atoms with Crippen LogP contribution in [0.15, 0.2) is 34.2 Å². The van der Waals surface area contributed by atoms with Crippen molar-refractivity contribution in [2.45, 2.75) is 25.8 Å². The van der Waals surface area contributed by atoms with Crippen LogP contribution >= 0.6 is 0 Å². The summed E-state index contributed by atoms with van der Waals surface area (Å²) in [5.41, 5.74) is -1.23. The quantitative estimate of drug-likeness (QED) is 0.512. The van der Waals surface area contributed by atoms with E-state index in [2.05, 4.69) is 25.1 Å². The highest BCUT2D eigenvalue weighted by atomic mass is 19.3. The largest absolute Gasteiger partial charge is 0.483 e. The number of nitrogens with one attached hydrogen (secondary N) is 3. The maximum absolute atomic E-state index is 14.1. The molecule has 0 aromatic carbocycles. The first kappa shape index (κ1) is 21.0. The molecule has 1 amide bonds. The third-order valence-electron chi connectivity index (χ3n) is 3.68. The number of nitrogens with zero attached hydrogens (tertiary/aromatic N) is 3. The fraction of sp³-hybridized carbons (Fsp3) is 0.353. The number of hydrogen-bond donors (Lipinski definition) is 3. The van der Waals surface area contributed by atoms with Crippen LogP contribution in [0, 0.1) is 0 Å². The fourth-order valence-corrected chi connectivity index (χ4v) is 2.40. The molecule has 3 aromatic rings. The number of imidazole rings is 1. The molecular formula is C17H18F2N6O5. The van der Waals surface area contributed by atoms with Gasteiger partial charge in [-0.05, 0) is 13.8 Å². The molecule has 0 atom stereocenters. The van der Waals surface area contributed by atoms with Gasteiger partial charge in [-0.15, -0.1) is 0 Å². The summed E-state index contributed by atoms with van der Waals surface area (Å²) in [5.74, 6) is -3.57. The molecule has 0 unspecified atom stereocenters. The Bertz CT molecular complexity index is 1170. The van der Waals surface area contributed by atoms with E-state index in [1.807, 2.05) is 4.98 Å². The van der Waals surface area contributed by atoms with Gasteiger partial charge < -0.3 is 19.8 Å². The lowest BCUT2D eigenvalue weighted by Crippen LogP contribution is -2.37. The zero-order valence-corrected chi connectivity index (χ0v) is 15.9. The molecule has 0 aliphatic carbocycles. The highest BCUT2D eigenvalue weighted by molar-refractivity contribution is 5.67. The Kier molecular flexibility index (Phi) is 5.80. The van der Waals surface area contributed by atoms with Crippen LogP contribution in [-0.4, -0.2) is 55.8 Å². The number of ether oxygens (including phenoxy) is 2. The Hall–Kier alpha value is -3.77. The van der Waals surface area contributed by atoms with E-state index in [0.29, 0.717) is 0 Å². The van der Waals surface area contributed by atoms with Crippen molar-refractivity contribution in [2.24, 2.45) is 0 Å². The maximum Gasteiger partial charge on any atom is 0.407 e. The number of H-pyrrole nitrogens is 2. The monoisotopic (exact) mass is 424 g/mol. The van der Waals surface area contributed by atoms with Gasteiger partial charge in [0.1, 0.15) is 5.69 Å². The molecule has 0 saturated carbocycles. The standard InChI is InChI=1S/C17H18F2N6O5/c1-9(2)22-16(28)30-8-17(18,19)7-29-12-5-11(24-25-4-3-20-13(12)25)10-6-21-15(27)23-14(10)26/h3-6,9H,7-8H2,1-2H3,(H,22,28)(H2,21,23,26,27). The van der Waals surface area contributed by atoms with E-state index in [1.54, 1.807) is 13.8 Å². The Balaban J connectivity index is 1.80. The first-order chi connectivity index (χ1) is 14.1. The average molecular weight is 424 g/mol. The summed E-state index contributed by atoms with van der Waals surface area (Å²) in [6, 6.07) is 0.982. The van der Waals surface area contributed by atoms with Crippen molar-refractivity contribution in [1.29, 1.82) is 0 Å². The number of carbonyl (C=O) groups excluding carboxylic acids is 1. The maximum atomic E-state index is 14.1. The van der Waals surface area contributed by atoms with Crippen LogP contribution in [0.3, 0.4) is 0 Å². The summed E-state index contributed by atoms with van der Waals surface area (Å²) in [4.78, 5) is 42.9. The molecule has 0 aliphatic rings. The molecule has 30 heavy (non-hydrogen) atoms. The van der Waals surface area contributed by atoms with Crippen molar-refractivity contribution in [3.05, 3.63) is 45.5 Å². The number of rotatable bonds is 7. The Morgan fingerprint density at radius 2 is 2.10 bits per heavy atom. The number of alkyl halides is 2. The molecule has 160 valence electrons. The van der Waals surface area contributed by atoms with Crippen molar-refractivity contribution >= 4 is 11.7 Å². The molecular weight excluding hydrogens is 406 g/mol. The van der Waals surface area contributed by atoms with Gasteiger partial charge in [0.05, 0.1) is 5.56 Å². The number of fused-ring (bicyclic) bond motifs is 1. The minimum atomic E-state index is -3.49. The molecule has 3 rings (SSSR count). The fourth-order valence-electron chi connectivity index (χ4n) is 2.40. The first-order valence-corrected chi connectivity index (χ1v) is 8.75. The summed E-state index contributed by atoms with van der Waals surface area (Å²) in [7, 11) is 0. The van der Waals surface area contributed by atoms with Crippen LogP contribution in [0.1, 0.15) is 13.8 Å². The molecule has 0 bridgehead atoms. The second-order valence-electron chi connectivity index (χ2n) is 6.59. The van der Waals surface area contributed by atoms with Crippen molar-refractivity contribution < 1.29 is 23.0 Å². The van der Waals surface area contributed by atoms with E-state index in [-0.39, 0.29) is 28.7 Å². The summed E-state index contributed by atoms with van der Waals surface area (Å²) < 4.78 is 39.1. The second kappa shape index (κ2) is 8.31. The molecule has 0 spiro atoms. The van der Waals surface area contributed by atoms with Gasteiger partial charge in [0.15, 0.2) is 24.6 Å². The third-order valence-corrected chi connectivity index (χ3v) is 3.68. The van der Waals surface area contributed by atoms with Crippen LogP contribution < -0.4 is 21.3 Å². The number of halogens is 2. The predicted octanol–water partition coefficient (Wildman–Crippen LogP) is 0.922. The molecule has 3 heterocycles. The Labute approximate surface area is 167 Å². The molecule has 13 heteroatoms. The van der Waals surface area contributed by atoms with Gasteiger partial charge in [-0.2, -0.15) is 13.9 Å². The average Bonchev–Trinajstić information content (AvgIpc) is 3.13. The van der Waals surface area contributed by atoms with Crippen molar-refractivity contribution in [1.82, 2.24) is 29.9 Å². The molecule has 3 N–H and O–H groups in total. The van der Waals surface area contributed by atoms with Crippen LogP contribution in [0.5, 0.6) is 5.75 Å².